The molecular formula is C15H15N3O. The average Bonchev–Trinajstić information content (AvgIpc) is 2.85. The minimum atomic E-state index is -0.00301. The number of amides is 1. The fourth-order valence-corrected chi connectivity index (χ4v) is 2.45. The molecule has 1 aromatic heterocycles. The van der Waals surface area contributed by atoms with Crippen LogP contribution in [0.3, 0.4) is 0 Å². The molecule has 0 radical (unpaired) electrons. The van der Waals surface area contributed by atoms with Crippen molar-refractivity contribution < 1.29 is 4.79 Å². The largest absolute Gasteiger partial charge is 0.397 e. The van der Waals surface area contributed by atoms with Gasteiger partial charge in [-0.15, -0.1) is 0 Å². The van der Waals surface area contributed by atoms with Gasteiger partial charge in [0.1, 0.15) is 5.82 Å². The number of aromatic nitrogens is 1. The van der Waals surface area contributed by atoms with Crippen LogP contribution >= 0.6 is 0 Å². The minimum Gasteiger partial charge on any atom is -0.397 e. The zero-order valence-corrected chi connectivity index (χ0v) is 10.5. The Morgan fingerprint density at radius 2 is 1.84 bits per heavy atom. The number of anilines is 2. The van der Waals surface area contributed by atoms with Gasteiger partial charge < -0.3 is 11.1 Å². The van der Waals surface area contributed by atoms with Crippen molar-refractivity contribution in [1.82, 2.24) is 4.98 Å². The summed E-state index contributed by atoms with van der Waals surface area (Å²) in [6, 6.07) is 11.6. The average molecular weight is 253 g/mol. The van der Waals surface area contributed by atoms with Gasteiger partial charge in [-0.1, -0.05) is 24.3 Å². The lowest BCUT2D eigenvalue weighted by molar-refractivity contribution is -0.119. The molecule has 19 heavy (non-hydrogen) atoms. The molecule has 3 rings (SSSR count). The van der Waals surface area contributed by atoms with Crippen LogP contribution in [0.5, 0.6) is 0 Å². The van der Waals surface area contributed by atoms with Crippen molar-refractivity contribution in [3.8, 4) is 0 Å². The van der Waals surface area contributed by atoms with Crippen LogP contribution in [0.2, 0.25) is 0 Å². The molecule has 3 N–H and O–H groups in total. The fourth-order valence-electron chi connectivity index (χ4n) is 2.45. The van der Waals surface area contributed by atoms with Crippen LogP contribution in [-0.2, 0) is 17.6 Å². The van der Waals surface area contributed by atoms with Gasteiger partial charge >= 0.3 is 0 Å². The SMILES string of the molecule is Nc1ccc(NC(=O)C2Cc3ccccc3C2)nc1. The van der Waals surface area contributed by atoms with E-state index in [2.05, 4.69) is 22.4 Å². The second-order valence-corrected chi connectivity index (χ2v) is 4.84. The van der Waals surface area contributed by atoms with E-state index in [-0.39, 0.29) is 11.8 Å². The molecule has 4 nitrogen and oxygen atoms in total. The van der Waals surface area contributed by atoms with Crippen LogP contribution in [0.1, 0.15) is 11.1 Å². The number of carbonyl (C=O) groups excluding carboxylic acids is 1. The third-order valence-electron chi connectivity index (χ3n) is 3.46. The van der Waals surface area contributed by atoms with Crippen LogP contribution in [-0.4, -0.2) is 10.9 Å². The predicted molar refractivity (Wildman–Crippen MR) is 74.6 cm³/mol. The Balaban J connectivity index is 1.68. The molecule has 0 spiro atoms. The minimum absolute atomic E-state index is 0.00301. The molecule has 0 saturated heterocycles. The van der Waals surface area contributed by atoms with Crippen molar-refractivity contribution in [2.24, 2.45) is 5.92 Å². The lowest BCUT2D eigenvalue weighted by atomic mass is 10.1. The van der Waals surface area contributed by atoms with E-state index in [1.165, 1.54) is 11.1 Å². The summed E-state index contributed by atoms with van der Waals surface area (Å²) in [6.45, 7) is 0. The van der Waals surface area contributed by atoms with Crippen LogP contribution in [0.4, 0.5) is 11.5 Å². The first kappa shape index (κ1) is 11.7. The summed E-state index contributed by atoms with van der Waals surface area (Å²) in [4.78, 5) is 16.3. The third kappa shape index (κ3) is 2.42. The summed E-state index contributed by atoms with van der Waals surface area (Å²) in [5.74, 6) is 0.570. The van der Waals surface area contributed by atoms with E-state index in [0.717, 1.165) is 12.8 Å². The van der Waals surface area contributed by atoms with Crippen LogP contribution < -0.4 is 11.1 Å². The van der Waals surface area contributed by atoms with Crippen molar-refractivity contribution >= 4 is 17.4 Å². The van der Waals surface area contributed by atoms with Crippen LogP contribution in [0.15, 0.2) is 42.6 Å². The van der Waals surface area contributed by atoms with E-state index in [1.807, 2.05) is 12.1 Å². The molecule has 4 heteroatoms. The van der Waals surface area contributed by atoms with Gasteiger partial charge in [-0.25, -0.2) is 4.98 Å². The van der Waals surface area contributed by atoms with Crippen molar-refractivity contribution in [1.29, 1.82) is 0 Å². The first-order valence-electron chi connectivity index (χ1n) is 6.31. The molecule has 0 saturated carbocycles. The highest BCUT2D eigenvalue weighted by Crippen LogP contribution is 2.27. The van der Waals surface area contributed by atoms with E-state index < -0.39 is 0 Å². The summed E-state index contributed by atoms with van der Waals surface area (Å²) in [5.41, 5.74) is 8.69. The number of benzene rings is 1. The molecule has 1 aliphatic rings. The molecule has 96 valence electrons. The highest BCUT2D eigenvalue weighted by atomic mass is 16.1. The summed E-state index contributed by atoms with van der Waals surface area (Å²) in [6.07, 6.45) is 3.15. The number of nitrogens with one attached hydrogen (secondary N) is 1. The maximum Gasteiger partial charge on any atom is 0.229 e. The van der Waals surface area contributed by atoms with Crippen molar-refractivity contribution in [3.05, 3.63) is 53.7 Å². The third-order valence-corrected chi connectivity index (χ3v) is 3.46. The van der Waals surface area contributed by atoms with E-state index in [9.17, 15) is 4.79 Å². The maximum absolute atomic E-state index is 12.2. The van der Waals surface area contributed by atoms with Crippen molar-refractivity contribution in [2.75, 3.05) is 11.1 Å². The van der Waals surface area contributed by atoms with Gasteiger partial charge in [-0.2, -0.15) is 0 Å². The van der Waals surface area contributed by atoms with Crippen molar-refractivity contribution in [3.63, 3.8) is 0 Å². The molecule has 1 aromatic carbocycles. The number of hydrogen-bond acceptors (Lipinski definition) is 3. The monoisotopic (exact) mass is 253 g/mol. The summed E-state index contributed by atoms with van der Waals surface area (Å²) >= 11 is 0. The smallest absolute Gasteiger partial charge is 0.229 e. The van der Waals surface area contributed by atoms with Gasteiger partial charge in [-0.05, 0) is 36.1 Å². The Labute approximate surface area is 111 Å². The highest BCUT2D eigenvalue weighted by Gasteiger charge is 2.27. The normalized spacial score (nSPS) is 14.1. The molecular weight excluding hydrogens is 238 g/mol. The van der Waals surface area contributed by atoms with Gasteiger partial charge in [0.25, 0.3) is 0 Å². The molecule has 2 aromatic rings. The Hall–Kier alpha value is -2.36. The van der Waals surface area contributed by atoms with Gasteiger partial charge in [0, 0.05) is 5.92 Å². The molecule has 1 aliphatic carbocycles. The number of hydrogen-bond donors (Lipinski definition) is 2. The van der Waals surface area contributed by atoms with E-state index in [0.29, 0.717) is 11.5 Å². The molecule has 1 heterocycles. The van der Waals surface area contributed by atoms with Gasteiger partial charge in [0.2, 0.25) is 5.91 Å². The Morgan fingerprint density at radius 3 is 2.42 bits per heavy atom. The van der Waals surface area contributed by atoms with E-state index in [1.54, 1.807) is 18.3 Å². The number of nitrogens with zero attached hydrogens (tertiary/aromatic N) is 1. The number of nitrogen functional groups attached to an aromatic ring is 1. The van der Waals surface area contributed by atoms with Gasteiger partial charge in [-0.3, -0.25) is 4.79 Å². The molecule has 0 aliphatic heterocycles. The Morgan fingerprint density at radius 1 is 1.16 bits per heavy atom. The quantitative estimate of drug-likeness (QED) is 0.860. The lowest BCUT2D eigenvalue weighted by Gasteiger charge is -2.09. The van der Waals surface area contributed by atoms with E-state index in [4.69, 9.17) is 5.73 Å². The maximum atomic E-state index is 12.2. The number of rotatable bonds is 2. The molecule has 0 atom stereocenters. The van der Waals surface area contributed by atoms with Gasteiger partial charge in [0.15, 0.2) is 0 Å². The fraction of sp³-hybridized carbons (Fsp3) is 0.200. The van der Waals surface area contributed by atoms with Crippen LogP contribution in [0, 0.1) is 5.92 Å². The standard InChI is InChI=1S/C15H15N3O/c16-13-5-6-14(17-9-13)18-15(19)12-7-10-3-1-2-4-11(10)8-12/h1-6,9,12H,7-8,16H2,(H,17,18,19). The second-order valence-electron chi connectivity index (χ2n) is 4.84. The number of nitrogens with two attached hydrogens (primary N) is 1. The number of carbonyl (C=O) groups is 1. The number of pyridine rings is 1. The molecule has 0 bridgehead atoms. The Kier molecular flexibility index (Phi) is 2.91. The summed E-state index contributed by atoms with van der Waals surface area (Å²) < 4.78 is 0. The first-order chi connectivity index (χ1) is 9.22. The molecule has 1 amide bonds. The predicted octanol–water partition coefficient (Wildman–Crippen LogP) is 2.02. The summed E-state index contributed by atoms with van der Waals surface area (Å²) in [5, 5.41) is 2.84. The van der Waals surface area contributed by atoms with Crippen LogP contribution in [0.25, 0.3) is 0 Å². The summed E-state index contributed by atoms with van der Waals surface area (Å²) in [7, 11) is 0. The number of fused-ring (bicyclic) bond motifs is 1. The Bertz CT molecular complexity index is 582. The van der Waals surface area contributed by atoms with E-state index >= 15 is 0 Å². The lowest BCUT2D eigenvalue weighted by Crippen LogP contribution is -2.23. The zero-order chi connectivity index (χ0) is 13.2. The highest BCUT2D eigenvalue weighted by molar-refractivity contribution is 5.92. The second kappa shape index (κ2) is 4.72. The topological polar surface area (TPSA) is 68.0 Å². The molecule has 0 unspecified atom stereocenters. The van der Waals surface area contributed by atoms with Gasteiger partial charge in [0.05, 0.1) is 11.9 Å². The first-order valence-corrected chi connectivity index (χ1v) is 6.31. The van der Waals surface area contributed by atoms with Crippen molar-refractivity contribution in [2.45, 2.75) is 12.8 Å². The zero-order valence-electron chi connectivity index (χ0n) is 10.5. The molecule has 0 fully saturated rings.